The number of carbonyl (C=O) groups is 1. The van der Waals surface area contributed by atoms with Crippen LogP contribution in [-0.2, 0) is 14.1 Å². The number of fused-ring (bicyclic) bond motifs is 2. The van der Waals surface area contributed by atoms with Crippen LogP contribution >= 0.6 is 0 Å². The zero-order valence-electron chi connectivity index (χ0n) is 13.0. The second kappa shape index (κ2) is 5.01. The number of carboxylic acids is 1. The molecule has 0 saturated heterocycles. The monoisotopic (exact) mass is 316 g/mol. The molecule has 1 aromatic heterocycles. The van der Waals surface area contributed by atoms with Gasteiger partial charge in [-0.15, -0.1) is 0 Å². The predicted octanol–water partition coefficient (Wildman–Crippen LogP) is 0.997. The van der Waals surface area contributed by atoms with Crippen molar-refractivity contribution in [3.8, 4) is 0 Å². The van der Waals surface area contributed by atoms with Crippen molar-refractivity contribution in [2.45, 2.75) is 6.92 Å². The fourth-order valence-corrected chi connectivity index (χ4v) is 2.79. The lowest BCUT2D eigenvalue weighted by Crippen LogP contribution is -2.42. The van der Waals surface area contributed by atoms with Crippen LogP contribution in [-0.4, -0.2) is 26.8 Å². The Kier molecular flexibility index (Phi) is 3.24. The van der Waals surface area contributed by atoms with E-state index in [-0.39, 0.29) is 5.56 Å². The summed E-state index contributed by atoms with van der Waals surface area (Å²) in [5, 5.41) is 12.2. The van der Waals surface area contributed by atoms with Crippen molar-refractivity contribution in [1.82, 2.24) is 9.13 Å². The highest BCUT2D eigenvalue weighted by Crippen LogP contribution is 2.41. The van der Waals surface area contributed by atoms with Gasteiger partial charge in [-0.25, -0.2) is 9.59 Å². The van der Waals surface area contributed by atoms with Gasteiger partial charge in [0.25, 0.3) is 5.56 Å². The molecule has 3 rings (SSSR count). The number of nitrogens with one attached hydrogen (secondary N) is 1. The van der Waals surface area contributed by atoms with Crippen LogP contribution in [0.4, 0.5) is 22.9 Å². The SMILES string of the molecule is CCN1c2ccc(C(=O)O)cc2Nc2c1c(=O)n(C)c(=O)n2C. The van der Waals surface area contributed by atoms with Gasteiger partial charge >= 0.3 is 11.7 Å². The molecule has 2 heterocycles. The largest absolute Gasteiger partial charge is 0.478 e. The molecule has 120 valence electrons. The Morgan fingerprint density at radius 3 is 2.52 bits per heavy atom. The van der Waals surface area contributed by atoms with Gasteiger partial charge in [-0.2, -0.15) is 0 Å². The van der Waals surface area contributed by atoms with E-state index in [2.05, 4.69) is 5.32 Å². The van der Waals surface area contributed by atoms with Crippen LogP contribution < -0.4 is 21.5 Å². The Bertz CT molecular complexity index is 942. The van der Waals surface area contributed by atoms with Gasteiger partial charge in [0.1, 0.15) is 11.5 Å². The van der Waals surface area contributed by atoms with Crippen molar-refractivity contribution < 1.29 is 9.90 Å². The minimum absolute atomic E-state index is 0.129. The highest BCUT2D eigenvalue weighted by molar-refractivity contribution is 5.95. The summed E-state index contributed by atoms with van der Waals surface area (Å²) in [6, 6.07) is 4.64. The minimum atomic E-state index is -1.04. The third-order valence-electron chi connectivity index (χ3n) is 4.01. The summed E-state index contributed by atoms with van der Waals surface area (Å²) in [4.78, 5) is 37.6. The summed E-state index contributed by atoms with van der Waals surface area (Å²) in [6.45, 7) is 2.38. The normalized spacial score (nSPS) is 12.4. The van der Waals surface area contributed by atoms with E-state index in [9.17, 15) is 14.4 Å². The predicted molar refractivity (Wildman–Crippen MR) is 86.3 cm³/mol. The summed E-state index contributed by atoms with van der Waals surface area (Å²) in [6.07, 6.45) is 0. The Balaban J connectivity index is 2.32. The lowest BCUT2D eigenvalue weighted by Gasteiger charge is -2.33. The zero-order valence-corrected chi connectivity index (χ0v) is 13.0. The topological polar surface area (TPSA) is 96.6 Å². The van der Waals surface area contributed by atoms with Crippen molar-refractivity contribution >= 4 is 28.8 Å². The Morgan fingerprint density at radius 2 is 1.91 bits per heavy atom. The first-order chi connectivity index (χ1) is 10.9. The first-order valence-corrected chi connectivity index (χ1v) is 7.08. The fraction of sp³-hybridized carbons (Fsp3) is 0.267. The number of carboxylic acid groups (broad SMARTS) is 1. The maximum atomic E-state index is 12.5. The van der Waals surface area contributed by atoms with Gasteiger partial charge in [0.15, 0.2) is 0 Å². The standard InChI is InChI=1S/C15H16N4O4/c1-4-19-10-6-5-8(14(21)22)7-9(10)16-12-11(19)13(20)18(3)15(23)17(12)2/h5-7,16H,4H2,1-3H3,(H,21,22). The molecule has 0 saturated carbocycles. The molecule has 0 atom stereocenters. The number of benzene rings is 1. The van der Waals surface area contributed by atoms with Gasteiger partial charge in [-0.1, -0.05) is 0 Å². The quantitative estimate of drug-likeness (QED) is 0.858. The Hall–Kier alpha value is -3.03. The van der Waals surface area contributed by atoms with Crippen LogP contribution in [0.25, 0.3) is 0 Å². The third kappa shape index (κ3) is 2.02. The summed E-state index contributed by atoms with van der Waals surface area (Å²) in [5.74, 6) is -0.684. The summed E-state index contributed by atoms with van der Waals surface area (Å²) >= 11 is 0. The van der Waals surface area contributed by atoms with Gasteiger partial charge in [0.2, 0.25) is 0 Å². The highest BCUT2D eigenvalue weighted by Gasteiger charge is 2.28. The maximum absolute atomic E-state index is 12.5. The third-order valence-corrected chi connectivity index (χ3v) is 4.01. The molecule has 0 fully saturated rings. The van der Waals surface area contributed by atoms with Crippen molar-refractivity contribution in [3.05, 3.63) is 44.6 Å². The number of nitrogens with zero attached hydrogens (tertiary/aromatic N) is 3. The van der Waals surface area contributed by atoms with Crippen LogP contribution in [0.5, 0.6) is 0 Å². The first-order valence-electron chi connectivity index (χ1n) is 7.08. The molecule has 1 aliphatic heterocycles. The number of anilines is 4. The second-order valence-corrected chi connectivity index (χ2v) is 5.31. The molecule has 1 aromatic carbocycles. The summed E-state index contributed by atoms with van der Waals surface area (Å²) in [7, 11) is 3.00. The van der Waals surface area contributed by atoms with E-state index in [0.29, 0.717) is 29.4 Å². The second-order valence-electron chi connectivity index (χ2n) is 5.31. The van der Waals surface area contributed by atoms with Crippen molar-refractivity contribution in [2.75, 3.05) is 16.8 Å². The molecule has 0 radical (unpaired) electrons. The van der Waals surface area contributed by atoms with Crippen molar-refractivity contribution in [2.24, 2.45) is 14.1 Å². The van der Waals surface area contributed by atoms with Gasteiger partial charge in [-0.3, -0.25) is 13.9 Å². The molecule has 2 N–H and O–H groups in total. The molecule has 8 nitrogen and oxygen atoms in total. The lowest BCUT2D eigenvalue weighted by molar-refractivity contribution is 0.0697. The van der Waals surface area contributed by atoms with E-state index in [4.69, 9.17) is 5.11 Å². The fourth-order valence-electron chi connectivity index (χ4n) is 2.79. The number of hydrogen-bond donors (Lipinski definition) is 2. The van der Waals surface area contributed by atoms with E-state index in [1.54, 1.807) is 18.0 Å². The molecular weight excluding hydrogens is 300 g/mol. The smallest absolute Gasteiger partial charge is 0.335 e. The van der Waals surface area contributed by atoms with Crippen LogP contribution in [0.15, 0.2) is 27.8 Å². The van der Waals surface area contributed by atoms with E-state index in [0.717, 1.165) is 4.57 Å². The van der Waals surface area contributed by atoms with Gasteiger partial charge in [-0.05, 0) is 25.1 Å². The molecule has 0 spiro atoms. The molecule has 0 aliphatic carbocycles. The van der Waals surface area contributed by atoms with Crippen LogP contribution in [0.2, 0.25) is 0 Å². The summed E-state index contributed by atoms with van der Waals surface area (Å²) in [5.41, 5.74) is 0.890. The molecule has 8 heteroatoms. The zero-order chi connectivity index (χ0) is 16.9. The number of hydrogen-bond acceptors (Lipinski definition) is 5. The van der Waals surface area contributed by atoms with Crippen LogP contribution in [0, 0.1) is 0 Å². The van der Waals surface area contributed by atoms with Crippen LogP contribution in [0.3, 0.4) is 0 Å². The van der Waals surface area contributed by atoms with Gasteiger partial charge in [0, 0.05) is 20.6 Å². The first kappa shape index (κ1) is 14.9. The number of rotatable bonds is 2. The highest BCUT2D eigenvalue weighted by atomic mass is 16.4. The van der Waals surface area contributed by atoms with Gasteiger partial charge < -0.3 is 15.3 Å². The average Bonchev–Trinajstić information content (AvgIpc) is 2.55. The van der Waals surface area contributed by atoms with Crippen molar-refractivity contribution in [1.29, 1.82) is 0 Å². The van der Waals surface area contributed by atoms with E-state index in [1.165, 1.54) is 23.7 Å². The minimum Gasteiger partial charge on any atom is -0.478 e. The molecule has 2 aromatic rings. The lowest BCUT2D eigenvalue weighted by atomic mass is 10.1. The van der Waals surface area contributed by atoms with E-state index in [1.807, 2.05) is 6.92 Å². The van der Waals surface area contributed by atoms with Crippen LogP contribution in [0.1, 0.15) is 17.3 Å². The molecule has 0 amide bonds. The average molecular weight is 316 g/mol. The molecule has 23 heavy (non-hydrogen) atoms. The number of aromatic carboxylic acids is 1. The Morgan fingerprint density at radius 1 is 1.22 bits per heavy atom. The molecule has 0 unspecified atom stereocenters. The van der Waals surface area contributed by atoms with E-state index < -0.39 is 17.2 Å². The van der Waals surface area contributed by atoms with Crippen molar-refractivity contribution in [3.63, 3.8) is 0 Å². The maximum Gasteiger partial charge on any atom is 0.335 e. The molecule has 1 aliphatic rings. The number of aromatic nitrogens is 2. The van der Waals surface area contributed by atoms with Gasteiger partial charge in [0.05, 0.1) is 16.9 Å². The van der Waals surface area contributed by atoms with E-state index >= 15 is 0 Å². The molecule has 0 bridgehead atoms. The molecular formula is C15H16N4O4. The summed E-state index contributed by atoms with van der Waals surface area (Å²) < 4.78 is 2.40. The Labute approximate surface area is 131 Å².